The van der Waals surface area contributed by atoms with Crippen LogP contribution in [-0.4, -0.2) is 34.8 Å². The van der Waals surface area contributed by atoms with Crippen LogP contribution >= 0.6 is 11.3 Å². The number of carbonyl (C=O) groups excluding carboxylic acids is 2. The number of hydrogen-bond donors (Lipinski definition) is 1. The number of aromatic nitrogens is 1. The molecule has 21 heavy (non-hydrogen) atoms. The van der Waals surface area contributed by atoms with Crippen LogP contribution < -0.4 is 5.32 Å². The smallest absolute Gasteiger partial charge is 0.287 e. The number of nitrogens with zero attached hydrogens (tertiary/aromatic N) is 2. The summed E-state index contributed by atoms with van der Waals surface area (Å²) in [7, 11) is 1.69. The van der Waals surface area contributed by atoms with E-state index in [1.54, 1.807) is 42.3 Å². The second-order valence-electron chi connectivity index (χ2n) is 4.72. The van der Waals surface area contributed by atoms with Crippen molar-refractivity contribution in [1.29, 1.82) is 0 Å². The van der Waals surface area contributed by atoms with Gasteiger partial charge in [0.2, 0.25) is 5.91 Å². The zero-order chi connectivity index (χ0) is 15.4. The van der Waals surface area contributed by atoms with Crippen molar-refractivity contribution in [3.05, 3.63) is 40.2 Å². The van der Waals surface area contributed by atoms with Gasteiger partial charge in [0.15, 0.2) is 5.76 Å². The molecule has 2 aromatic rings. The van der Waals surface area contributed by atoms with Gasteiger partial charge in [-0.25, -0.2) is 4.98 Å². The van der Waals surface area contributed by atoms with Crippen LogP contribution in [0.2, 0.25) is 0 Å². The fraction of sp³-hybridized carbons (Fsp3) is 0.357. The topological polar surface area (TPSA) is 75.4 Å². The Morgan fingerprint density at radius 1 is 1.52 bits per heavy atom. The molecule has 2 heterocycles. The van der Waals surface area contributed by atoms with Crippen molar-refractivity contribution < 1.29 is 14.0 Å². The molecule has 0 saturated heterocycles. The minimum atomic E-state index is -0.632. The second-order valence-corrected chi connectivity index (χ2v) is 5.79. The summed E-state index contributed by atoms with van der Waals surface area (Å²) in [5.41, 5.74) is 0.845. The summed E-state index contributed by atoms with van der Waals surface area (Å²) in [5, 5.41) is 5.50. The van der Waals surface area contributed by atoms with Gasteiger partial charge < -0.3 is 14.6 Å². The average molecular weight is 307 g/mol. The predicted molar refractivity (Wildman–Crippen MR) is 79.0 cm³/mol. The van der Waals surface area contributed by atoms with Crippen molar-refractivity contribution in [1.82, 2.24) is 15.2 Å². The van der Waals surface area contributed by atoms with Crippen molar-refractivity contribution >= 4 is 23.2 Å². The molecule has 2 aromatic heterocycles. The Bertz CT molecular complexity index is 621. The van der Waals surface area contributed by atoms with Gasteiger partial charge in [0.1, 0.15) is 6.04 Å². The van der Waals surface area contributed by atoms with Gasteiger partial charge in [0, 0.05) is 12.4 Å². The van der Waals surface area contributed by atoms with Gasteiger partial charge in [0.25, 0.3) is 5.91 Å². The Labute approximate surface area is 126 Å². The number of amides is 2. The summed E-state index contributed by atoms with van der Waals surface area (Å²) < 4.78 is 4.99. The molecule has 1 unspecified atom stereocenters. The highest BCUT2D eigenvalue weighted by Crippen LogP contribution is 2.10. The van der Waals surface area contributed by atoms with Crippen molar-refractivity contribution in [3.8, 4) is 0 Å². The average Bonchev–Trinajstić information content (AvgIpc) is 3.09. The van der Waals surface area contributed by atoms with Crippen LogP contribution in [0.15, 0.2) is 28.2 Å². The monoisotopic (exact) mass is 307 g/mol. The third-order valence-corrected chi connectivity index (χ3v) is 3.73. The summed E-state index contributed by atoms with van der Waals surface area (Å²) in [4.78, 5) is 29.9. The summed E-state index contributed by atoms with van der Waals surface area (Å²) in [5.74, 6) is -0.397. The molecule has 0 aliphatic carbocycles. The SMILES string of the molecule is Cc1nc(CN(C)C(=O)C(C)NC(=O)c2ccco2)cs1. The van der Waals surface area contributed by atoms with Crippen molar-refractivity contribution in [2.24, 2.45) is 0 Å². The third-order valence-electron chi connectivity index (χ3n) is 2.90. The lowest BCUT2D eigenvalue weighted by molar-refractivity contribution is -0.132. The molecular formula is C14H17N3O3S. The van der Waals surface area contributed by atoms with E-state index >= 15 is 0 Å². The number of aryl methyl sites for hydroxylation is 1. The maximum absolute atomic E-state index is 12.2. The highest BCUT2D eigenvalue weighted by Gasteiger charge is 2.21. The molecule has 6 nitrogen and oxygen atoms in total. The van der Waals surface area contributed by atoms with Gasteiger partial charge in [-0.3, -0.25) is 9.59 Å². The van der Waals surface area contributed by atoms with E-state index in [-0.39, 0.29) is 11.7 Å². The lowest BCUT2D eigenvalue weighted by Gasteiger charge is -2.21. The van der Waals surface area contributed by atoms with E-state index in [0.29, 0.717) is 6.54 Å². The molecule has 112 valence electrons. The first-order valence-electron chi connectivity index (χ1n) is 6.47. The van der Waals surface area contributed by atoms with Gasteiger partial charge in [-0.2, -0.15) is 0 Å². The molecular weight excluding hydrogens is 290 g/mol. The molecule has 0 radical (unpaired) electrons. The highest BCUT2D eigenvalue weighted by molar-refractivity contribution is 7.09. The molecule has 0 aliphatic rings. The molecule has 1 N–H and O–H groups in total. The van der Waals surface area contributed by atoms with Gasteiger partial charge in [-0.05, 0) is 26.0 Å². The van der Waals surface area contributed by atoms with Crippen molar-refractivity contribution in [2.45, 2.75) is 26.4 Å². The number of hydrogen-bond acceptors (Lipinski definition) is 5. The molecule has 0 aliphatic heterocycles. The zero-order valence-corrected chi connectivity index (χ0v) is 12.9. The summed E-state index contributed by atoms with van der Waals surface area (Å²) in [6.45, 7) is 3.98. The third kappa shape index (κ3) is 3.91. The molecule has 1 atom stereocenters. The van der Waals surface area contributed by atoms with E-state index in [1.807, 2.05) is 12.3 Å². The number of furan rings is 1. The van der Waals surface area contributed by atoms with E-state index in [0.717, 1.165) is 10.7 Å². The van der Waals surface area contributed by atoms with Crippen LogP contribution in [0.1, 0.15) is 28.2 Å². The zero-order valence-electron chi connectivity index (χ0n) is 12.1. The molecule has 0 aromatic carbocycles. The number of thiazole rings is 1. The first kappa shape index (κ1) is 15.2. The molecule has 7 heteroatoms. The van der Waals surface area contributed by atoms with E-state index in [9.17, 15) is 9.59 Å². The van der Waals surface area contributed by atoms with E-state index in [2.05, 4.69) is 10.3 Å². The van der Waals surface area contributed by atoms with Crippen LogP contribution in [0, 0.1) is 6.92 Å². The summed E-state index contributed by atoms with van der Waals surface area (Å²) in [6, 6.07) is 2.54. The second kappa shape index (κ2) is 6.53. The van der Waals surface area contributed by atoms with E-state index < -0.39 is 11.9 Å². The minimum Gasteiger partial charge on any atom is -0.459 e. The molecule has 0 saturated carbocycles. The standard InChI is InChI=1S/C14H17N3O3S/c1-9(15-13(18)12-5-4-6-20-12)14(19)17(3)7-11-8-21-10(2)16-11/h4-6,8-9H,7H2,1-3H3,(H,15,18). The fourth-order valence-corrected chi connectivity index (χ4v) is 2.47. The van der Waals surface area contributed by atoms with Crippen LogP contribution in [0.4, 0.5) is 0 Å². The molecule has 0 bridgehead atoms. The van der Waals surface area contributed by atoms with E-state index in [4.69, 9.17) is 4.42 Å². The Balaban J connectivity index is 1.90. The predicted octanol–water partition coefficient (Wildman–Crippen LogP) is 1.82. The molecule has 0 spiro atoms. The maximum Gasteiger partial charge on any atom is 0.287 e. The number of likely N-dealkylation sites (N-methyl/N-ethyl adjacent to an activating group) is 1. The number of nitrogens with one attached hydrogen (secondary N) is 1. The van der Waals surface area contributed by atoms with Crippen LogP contribution in [0.3, 0.4) is 0 Å². The van der Waals surface area contributed by atoms with Gasteiger partial charge in [-0.15, -0.1) is 11.3 Å². The summed E-state index contributed by atoms with van der Waals surface area (Å²) in [6.07, 6.45) is 1.41. The Morgan fingerprint density at radius 2 is 2.29 bits per heavy atom. The van der Waals surface area contributed by atoms with Gasteiger partial charge in [0.05, 0.1) is 23.5 Å². The Morgan fingerprint density at radius 3 is 2.86 bits per heavy atom. The largest absolute Gasteiger partial charge is 0.459 e. The van der Waals surface area contributed by atoms with Crippen molar-refractivity contribution in [2.75, 3.05) is 7.05 Å². The quantitative estimate of drug-likeness (QED) is 0.914. The number of carbonyl (C=O) groups is 2. The fourth-order valence-electron chi connectivity index (χ4n) is 1.87. The Hall–Kier alpha value is -2.15. The number of rotatable bonds is 5. The molecule has 2 rings (SSSR count). The first-order chi connectivity index (χ1) is 9.97. The Kier molecular flexibility index (Phi) is 4.74. The summed E-state index contributed by atoms with van der Waals surface area (Å²) >= 11 is 1.54. The van der Waals surface area contributed by atoms with Crippen LogP contribution in [-0.2, 0) is 11.3 Å². The van der Waals surface area contributed by atoms with Crippen LogP contribution in [0.25, 0.3) is 0 Å². The van der Waals surface area contributed by atoms with E-state index in [1.165, 1.54) is 6.26 Å². The highest BCUT2D eigenvalue weighted by atomic mass is 32.1. The first-order valence-corrected chi connectivity index (χ1v) is 7.35. The normalized spacial score (nSPS) is 12.0. The minimum absolute atomic E-state index is 0.180. The molecule has 2 amide bonds. The van der Waals surface area contributed by atoms with Crippen molar-refractivity contribution in [3.63, 3.8) is 0 Å². The van der Waals surface area contributed by atoms with Gasteiger partial charge >= 0.3 is 0 Å². The van der Waals surface area contributed by atoms with Gasteiger partial charge in [-0.1, -0.05) is 0 Å². The maximum atomic E-state index is 12.2. The molecule has 0 fully saturated rings. The lowest BCUT2D eigenvalue weighted by Crippen LogP contribution is -2.45. The van der Waals surface area contributed by atoms with Crippen LogP contribution in [0.5, 0.6) is 0 Å². The lowest BCUT2D eigenvalue weighted by atomic mass is 10.2.